The van der Waals surface area contributed by atoms with Gasteiger partial charge in [0.2, 0.25) is 0 Å². The second-order valence-electron chi connectivity index (χ2n) is 3.77. The first kappa shape index (κ1) is 13.4. The van der Waals surface area contributed by atoms with E-state index in [1.54, 1.807) is 13.3 Å². The quantitative estimate of drug-likeness (QED) is 0.839. The normalized spacial score (nSPS) is 9.95. The Morgan fingerprint density at radius 1 is 1.37 bits per heavy atom. The van der Waals surface area contributed by atoms with Crippen molar-refractivity contribution in [2.45, 2.75) is 13.3 Å². The first-order valence-corrected chi connectivity index (χ1v) is 6.73. The number of nitriles is 1. The van der Waals surface area contributed by atoms with Gasteiger partial charge in [-0.05, 0) is 25.1 Å². The Bertz CT molecular complexity index is 602. The third-order valence-electron chi connectivity index (χ3n) is 2.52. The van der Waals surface area contributed by atoms with E-state index in [-0.39, 0.29) is 0 Å². The van der Waals surface area contributed by atoms with Crippen LogP contribution in [-0.2, 0) is 6.42 Å². The van der Waals surface area contributed by atoms with Crippen LogP contribution in [0.25, 0.3) is 10.6 Å². The minimum Gasteiger partial charge on any atom is -0.493 e. The summed E-state index contributed by atoms with van der Waals surface area (Å²) < 4.78 is 10.8. The lowest BCUT2D eigenvalue weighted by atomic mass is 10.2. The van der Waals surface area contributed by atoms with Gasteiger partial charge in [0.15, 0.2) is 11.5 Å². The SMILES string of the molecule is CCOc1ccc(-c2ncc(CC#N)s2)cc1OC. The zero-order valence-corrected chi connectivity index (χ0v) is 11.7. The number of hydrogen-bond acceptors (Lipinski definition) is 5. The predicted octanol–water partition coefficient (Wildman–Crippen LogP) is 3.28. The summed E-state index contributed by atoms with van der Waals surface area (Å²) in [7, 11) is 1.62. The Kier molecular flexibility index (Phi) is 4.37. The van der Waals surface area contributed by atoms with Crippen LogP contribution in [0.3, 0.4) is 0 Å². The number of ether oxygens (including phenoxy) is 2. The molecule has 0 spiro atoms. The van der Waals surface area contributed by atoms with E-state index in [0.29, 0.717) is 18.8 Å². The van der Waals surface area contributed by atoms with Crippen LogP contribution >= 0.6 is 11.3 Å². The summed E-state index contributed by atoms with van der Waals surface area (Å²) in [6, 6.07) is 7.85. The fourth-order valence-corrected chi connectivity index (χ4v) is 2.52. The van der Waals surface area contributed by atoms with E-state index in [4.69, 9.17) is 14.7 Å². The monoisotopic (exact) mass is 274 g/mol. The molecule has 0 bridgehead atoms. The number of nitrogens with zero attached hydrogens (tertiary/aromatic N) is 2. The molecule has 5 heteroatoms. The third kappa shape index (κ3) is 3.04. The molecule has 0 radical (unpaired) electrons. The maximum absolute atomic E-state index is 8.67. The zero-order valence-electron chi connectivity index (χ0n) is 10.8. The highest BCUT2D eigenvalue weighted by Gasteiger charge is 2.09. The Labute approximate surface area is 116 Å². The molecule has 0 atom stereocenters. The lowest BCUT2D eigenvalue weighted by Gasteiger charge is -2.09. The van der Waals surface area contributed by atoms with Crippen LogP contribution in [0.5, 0.6) is 11.5 Å². The smallest absolute Gasteiger partial charge is 0.161 e. The molecule has 2 rings (SSSR count). The molecular weight excluding hydrogens is 260 g/mol. The number of hydrogen-bond donors (Lipinski definition) is 0. The third-order valence-corrected chi connectivity index (χ3v) is 3.56. The molecule has 0 amide bonds. The molecule has 4 nitrogen and oxygen atoms in total. The summed E-state index contributed by atoms with van der Waals surface area (Å²) in [6.45, 7) is 2.53. The van der Waals surface area contributed by atoms with Crippen LogP contribution < -0.4 is 9.47 Å². The van der Waals surface area contributed by atoms with E-state index in [0.717, 1.165) is 21.2 Å². The molecule has 1 aromatic heterocycles. The fourth-order valence-electron chi connectivity index (χ4n) is 1.68. The van der Waals surface area contributed by atoms with Crippen molar-refractivity contribution in [3.05, 3.63) is 29.3 Å². The Balaban J connectivity index is 2.31. The van der Waals surface area contributed by atoms with E-state index >= 15 is 0 Å². The van der Waals surface area contributed by atoms with Crippen LogP contribution in [0.1, 0.15) is 11.8 Å². The van der Waals surface area contributed by atoms with E-state index in [1.807, 2.05) is 25.1 Å². The molecule has 2 aromatic rings. The Hall–Kier alpha value is -2.06. The average Bonchev–Trinajstić information content (AvgIpc) is 2.88. The van der Waals surface area contributed by atoms with Gasteiger partial charge in [-0.15, -0.1) is 11.3 Å². The molecule has 0 aliphatic rings. The summed E-state index contributed by atoms with van der Waals surface area (Å²) in [4.78, 5) is 5.29. The molecule has 0 saturated carbocycles. The van der Waals surface area contributed by atoms with Crippen molar-refractivity contribution in [2.24, 2.45) is 0 Å². The highest BCUT2D eigenvalue weighted by molar-refractivity contribution is 7.15. The largest absolute Gasteiger partial charge is 0.493 e. The number of rotatable bonds is 5. The van der Waals surface area contributed by atoms with Gasteiger partial charge >= 0.3 is 0 Å². The van der Waals surface area contributed by atoms with E-state index < -0.39 is 0 Å². The van der Waals surface area contributed by atoms with Gasteiger partial charge in [0, 0.05) is 16.6 Å². The molecule has 19 heavy (non-hydrogen) atoms. The lowest BCUT2D eigenvalue weighted by molar-refractivity contribution is 0.311. The lowest BCUT2D eigenvalue weighted by Crippen LogP contribution is -1.95. The highest BCUT2D eigenvalue weighted by atomic mass is 32.1. The van der Waals surface area contributed by atoms with Crippen LogP contribution in [0.2, 0.25) is 0 Å². The number of thiazole rings is 1. The first-order valence-electron chi connectivity index (χ1n) is 5.91. The maximum Gasteiger partial charge on any atom is 0.161 e. The summed E-state index contributed by atoms with van der Waals surface area (Å²) in [5.41, 5.74) is 0.967. The molecule has 1 heterocycles. The van der Waals surface area contributed by atoms with Gasteiger partial charge in [-0.2, -0.15) is 5.26 Å². The van der Waals surface area contributed by atoms with Crippen molar-refractivity contribution in [1.29, 1.82) is 5.26 Å². The number of methoxy groups -OCH3 is 1. The topological polar surface area (TPSA) is 55.1 Å². The van der Waals surface area contributed by atoms with Gasteiger partial charge in [-0.3, -0.25) is 0 Å². The molecule has 0 aliphatic heterocycles. The fraction of sp³-hybridized carbons (Fsp3) is 0.286. The Morgan fingerprint density at radius 2 is 2.21 bits per heavy atom. The zero-order chi connectivity index (χ0) is 13.7. The van der Waals surface area contributed by atoms with Crippen molar-refractivity contribution in [3.63, 3.8) is 0 Å². The van der Waals surface area contributed by atoms with Crippen molar-refractivity contribution in [2.75, 3.05) is 13.7 Å². The van der Waals surface area contributed by atoms with Crippen LogP contribution in [0.4, 0.5) is 0 Å². The molecule has 0 unspecified atom stereocenters. The van der Waals surface area contributed by atoms with Crippen LogP contribution in [0, 0.1) is 11.3 Å². The minimum absolute atomic E-state index is 0.395. The molecule has 0 fully saturated rings. The second-order valence-corrected chi connectivity index (χ2v) is 4.88. The van der Waals surface area contributed by atoms with Crippen LogP contribution in [0.15, 0.2) is 24.4 Å². The van der Waals surface area contributed by atoms with Gasteiger partial charge in [0.05, 0.1) is 26.2 Å². The predicted molar refractivity (Wildman–Crippen MR) is 74.6 cm³/mol. The molecule has 0 aliphatic carbocycles. The number of aromatic nitrogens is 1. The van der Waals surface area contributed by atoms with Crippen molar-refractivity contribution in [1.82, 2.24) is 4.98 Å². The minimum atomic E-state index is 0.395. The molecular formula is C14H14N2O2S. The van der Waals surface area contributed by atoms with Gasteiger partial charge in [0.25, 0.3) is 0 Å². The second kappa shape index (κ2) is 6.21. The molecule has 1 aromatic carbocycles. The summed E-state index contributed by atoms with van der Waals surface area (Å²) in [6.07, 6.45) is 2.14. The Morgan fingerprint density at radius 3 is 2.89 bits per heavy atom. The van der Waals surface area contributed by atoms with Crippen molar-refractivity contribution >= 4 is 11.3 Å². The average molecular weight is 274 g/mol. The van der Waals surface area contributed by atoms with E-state index in [9.17, 15) is 0 Å². The standard InChI is InChI=1S/C14H14N2O2S/c1-3-18-12-5-4-10(8-13(12)17-2)14-16-9-11(19-14)6-7-15/h4-5,8-9H,3,6H2,1-2H3. The van der Waals surface area contributed by atoms with Gasteiger partial charge in [-0.25, -0.2) is 4.98 Å². The van der Waals surface area contributed by atoms with E-state index in [1.165, 1.54) is 11.3 Å². The van der Waals surface area contributed by atoms with Gasteiger partial charge < -0.3 is 9.47 Å². The van der Waals surface area contributed by atoms with E-state index in [2.05, 4.69) is 11.1 Å². The molecule has 98 valence electrons. The van der Waals surface area contributed by atoms with Crippen LogP contribution in [-0.4, -0.2) is 18.7 Å². The van der Waals surface area contributed by atoms with Crippen molar-refractivity contribution < 1.29 is 9.47 Å². The first-order chi connectivity index (χ1) is 9.28. The molecule has 0 saturated heterocycles. The van der Waals surface area contributed by atoms with Gasteiger partial charge in [-0.1, -0.05) is 0 Å². The van der Waals surface area contributed by atoms with Crippen molar-refractivity contribution in [3.8, 4) is 28.1 Å². The maximum atomic E-state index is 8.67. The summed E-state index contributed by atoms with van der Waals surface area (Å²) in [5.74, 6) is 1.42. The number of benzene rings is 1. The summed E-state index contributed by atoms with van der Waals surface area (Å²) in [5, 5.41) is 9.55. The summed E-state index contributed by atoms with van der Waals surface area (Å²) >= 11 is 1.52. The van der Waals surface area contributed by atoms with Gasteiger partial charge in [0.1, 0.15) is 5.01 Å². The highest BCUT2D eigenvalue weighted by Crippen LogP contribution is 2.34. The molecule has 0 N–H and O–H groups in total.